The van der Waals surface area contributed by atoms with E-state index in [1.54, 1.807) is 0 Å². The highest BCUT2D eigenvalue weighted by Gasteiger charge is 2.25. The van der Waals surface area contributed by atoms with Crippen molar-refractivity contribution in [3.63, 3.8) is 0 Å². The molecule has 2 aromatic rings. The molecule has 1 aliphatic heterocycles. The van der Waals surface area contributed by atoms with Crippen LogP contribution in [0.15, 0.2) is 12.1 Å². The summed E-state index contributed by atoms with van der Waals surface area (Å²) in [4.78, 5) is 14.4. The number of nitrogens with one attached hydrogen (secondary N) is 2. The van der Waals surface area contributed by atoms with E-state index >= 15 is 0 Å². The summed E-state index contributed by atoms with van der Waals surface area (Å²) in [6.45, 7) is 10.6. The molecule has 27 heavy (non-hydrogen) atoms. The van der Waals surface area contributed by atoms with Crippen LogP contribution < -0.4 is 5.32 Å². The lowest BCUT2D eigenvalue weighted by Gasteiger charge is -2.26. The van der Waals surface area contributed by atoms with Gasteiger partial charge < -0.3 is 5.32 Å². The summed E-state index contributed by atoms with van der Waals surface area (Å²) in [5.41, 5.74) is 4.49. The predicted molar refractivity (Wildman–Crippen MR) is 103 cm³/mol. The third kappa shape index (κ3) is 4.08. The molecule has 0 spiro atoms. The fourth-order valence-electron chi connectivity index (χ4n) is 3.66. The summed E-state index contributed by atoms with van der Waals surface area (Å²) < 4.78 is 2.08. The maximum Gasteiger partial charge on any atom is 0.223 e. The van der Waals surface area contributed by atoms with Gasteiger partial charge in [-0.05, 0) is 25.0 Å². The molecule has 146 valence electrons. The van der Waals surface area contributed by atoms with Crippen molar-refractivity contribution >= 4 is 5.91 Å². The van der Waals surface area contributed by atoms with E-state index in [9.17, 15) is 4.79 Å². The summed E-state index contributed by atoms with van der Waals surface area (Å²) in [5.74, 6) is 0.410. The van der Waals surface area contributed by atoms with Crippen LogP contribution >= 0.6 is 0 Å². The smallest absolute Gasteiger partial charge is 0.223 e. The van der Waals surface area contributed by atoms with E-state index in [0.29, 0.717) is 6.54 Å². The van der Waals surface area contributed by atoms with Gasteiger partial charge in [0.25, 0.3) is 0 Å². The van der Waals surface area contributed by atoms with E-state index in [4.69, 9.17) is 0 Å². The van der Waals surface area contributed by atoms with Gasteiger partial charge in [-0.1, -0.05) is 27.2 Å². The van der Waals surface area contributed by atoms with Gasteiger partial charge in [-0.2, -0.15) is 10.2 Å². The number of carbonyl (C=O) groups excluding carboxylic acids is 1. The lowest BCUT2D eigenvalue weighted by atomic mass is 9.85. The van der Waals surface area contributed by atoms with Crippen LogP contribution in [-0.2, 0) is 36.4 Å². The SMILES string of the molecule is CC(C)(C)c1cc(CN2CCn3nc(CNC(=O)C4CCC4)cc3C2)[nH]n1. The highest BCUT2D eigenvalue weighted by atomic mass is 16.1. The van der Waals surface area contributed by atoms with E-state index in [2.05, 4.69) is 63.1 Å². The molecule has 7 nitrogen and oxygen atoms in total. The van der Waals surface area contributed by atoms with Crippen LogP contribution in [0.4, 0.5) is 0 Å². The summed E-state index contributed by atoms with van der Waals surface area (Å²) in [6, 6.07) is 4.30. The predicted octanol–water partition coefficient (Wildman–Crippen LogP) is 2.34. The first-order chi connectivity index (χ1) is 12.9. The molecular weight excluding hydrogens is 340 g/mol. The van der Waals surface area contributed by atoms with Crippen molar-refractivity contribution in [3.05, 3.63) is 34.9 Å². The van der Waals surface area contributed by atoms with Crippen molar-refractivity contribution in [2.75, 3.05) is 6.54 Å². The van der Waals surface area contributed by atoms with Crippen molar-refractivity contribution in [1.82, 2.24) is 30.2 Å². The lowest BCUT2D eigenvalue weighted by molar-refractivity contribution is -0.127. The Bertz CT molecular complexity index is 811. The van der Waals surface area contributed by atoms with Gasteiger partial charge in [0.1, 0.15) is 0 Å². The second-order valence-corrected chi connectivity index (χ2v) is 8.93. The topological polar surface area (TPSA) is 78.8 Å². The highest BCUT2D eigenvalue weighted by molar-refractivity contribution is 5.79. The number of fused-ring (bicyclic) bond motifs is 1. The van der Waals surface area contributed by atoms with Gasteiger partial charge >= 0.3 is 0 Å². The Balaban J connectivity index is 1.33. The minimum Gasteiger partial charge on any atom is -0.350 e. The largest absolute Gasteiger partial charge is 0.350 e. The Morgan fingerprint density at radius 2 is 2.11 bits per heavy atom. The second kappa shape index (κ2) is 7.11. The first-order valence-electron chi connectivity index (χ1n) is 9.99. The van der Waals surface area contributed by atoms with E-state index in [-0.39, 0.29) is 17.2 Å². The summed E-state index contributed by atoms with van der Waals surface area (Å²) in [7, 11) is 0. The van der Waals surface area contributed by atoms with E-state index < -0.39 is 0 Å². The van der Waals surface area contributed by atoms with Crippen LogP contribution in [0.5, 0.6) is 0 Å². The molecule has 1 saturated carbocycles. The Morgan fingerprint density at radius 3 is 2.78 bits per heavy atom. The number of rotatable bonds is 5. The molecule has 2 aromatic heterocycles. The van der Waals surface area contributed by atoms with Crippen molar-refractivity contribution in [1.29, 1.82) is 0 Å². The molecule has 0 unspecified atom stereocenters. The number of hydrogen-bond acceptors (Lipinski definition) is 4. The quantitative estimate of drug-likeness (QED) is 0.847. The molecule has 0 saturated heterocycles. The minimum absolute atomic E-state index is 0.0636. The van der Waals surface area contributed by atoms with Gasteiger partial charge in [0.05, 0.1) is 30.2 Å². The fraction of sp³-hybridized carbons (Fsp3) is 0.650. The Labute approximate surface area is 160 Å². The molecule has 1 fully saturated rings. The number of hydrogen-bond donors (Lipinski definition) is 2. The van der Waals surface area contributed by atoms with Crippen LogP contribution in [-0.4, -0.2) is 37.3 Å². The molecule has 1 aliphatic carbocycles. The zero-order valence-electron chi connectivity index (χ0n) is 16.6. The van der Waals surface area contributed by atoms with Crippen molar-refractivity contribution in [2.45, 2.75) is 71.6 Å². The Morgan fingerprint density at radius 1 is 1.30 bits per heavy atom. The number of aromatic nitrogens is 4. The third-order valence-electron chi connectivity index (χ3n) is 5.64. The molecule has 2 N–H and O–H groups in total. The standard InChI is InChI=1S/C20H30N6O/c1-20(2,3)18-10-16(22-23-18)12-25-7-8-26-17(13-25)9-15(24-26)11-21-19(27)14-5-4-6-14/h9-10,14H,4-8,11-13H2,1-3H3,(H,21,27)(H,22,23). The van der Waals surface area contributed by atoms with Crippen LogP contribution in [0.2, 0.25) is 0 Å². The van der Waals surface area contributed by atoms with Gasteiger partial charge in [-0.3, -0.25) is 19.5 Å². The van der Waals surface area contributed by atoms with Crippen LogP contribution in [0.1, 0.15) is 62.8 Å². The van der Waals surface area contributed by atoms with Gasteiger partial charge in [-0.25, -0.2) is 0 Å². The van der Waals surface area contributed by atoms with Crippen LogP contribution in [0.25, 0.3) is 0 Å². The van der Waals surface area contributed by atoms with Crippen molar-refractivity contribution in [3.8, 4) is 0 Å². The summed E-state index contributed by atoms with van der Waals surface area (Å²) in [5, 5.41) is 15.3. The fourth-order valence-corrected chi connectivity index (χ4v) is 3.66. The normalized spacial score (nSPS) is 18.2. The van der Waals surface area contributed by atoms with Gasteiger partial charge in [0, 0.05) is 36.7 Å². The number of H-pyrrole nitrogens is 1. The number of aromatic amines is 1. The minimum atomic E-state index is 0.0636. The number of carbonyl (C=O) groups is 1. The third-order valence-corrected chi connectivity index (χ3v) is 5.64. The summed E-state index contributed by atoms with van der Waals surface area (Å²) in [6.07, 6.45) is 3.25. The molecule has 0 bridgehead atoms. The van der Waals surface area contributed by atoms with E-state index in [1.165, 1.54) is 12.1 Å². The molecule has 0 aromatic carbocycles. The van der Waals surface area contributed by atoms with Gasteiger partial charge in [-0.15, -0.1) is 0 Å². The summed E-state index contributed by atoms with van der Waals surface area (Å²) >= 11 is 0. The highest BCUT2D eigenvalue weighted by Crippen LogP contribution is 2.26. The molecule has 7 heteroatoms. The Kier molecular flexibility index (Phi) is 4.80. The Hall–Kier alpha value is -2.15. The molecule has 0 radical (unpaired) electrons. The van der Waals surface area contributed by atoms with E-state index in [0.717, 1.165) is 56.1 Å². The van der Waals surface area contributed by atoms with Gasteiger partial charge in [0.15, 0.2) is 0 Å². The van der Waals surface area contributed by atoms with Crippen LogP contribution in [0, 0.1) is 5.92 Å². The van der Waals surface area contributed by atoms with Crippen molar-refractivity contribution in [2.24, 2.45) is 5.92 Å². The molecule has 2 aliphatic rings. The average molecular weight is 371 g/mol. The maximum atomic E-state index is 12.0. The first kappa shape index (κ1) is 18.2. The molecular formula is C20H30N6O. The van der Waals surface area contributed by atoms with E-state index in [1.807, 2.05) is 0 Å². The maximum absolute atomic E-state index is 12.0. The lowest BCUT2D eigenvalue weighted by Crippen LogP contribution is -2.34. The zero-order chi connectivity index (χ0) is 19.0. The number of nitrogens with zero attached hydrogens (tertiary/aromatic N) is 4. The van der Waals surface area contributed by atoms with Gasteiger partial charge in [0.2, 0.25) is 5.91 Å². The molecule has 1 amide bonds. The first-order valence-corrected chi connectivity index (χ1v) is 9.99. The van der Waals surface area contributed by atoms with Crippen molar-refractivity contribution < 1.29 is 4.79 Å². The molecule has 4 rings (SSSR count). The van der Waals surface area contributed by atoms with Crippen LogP contribution in [0.3, 0.4) is 0 Å². The number of amides is 1. The average Bonchev–Trinajstić information content (AvgIpc) is 3.17. The monoisotopic (exact) mass is 370 g/mol. The zero-order valence-corrected chi connectivity index (χ0v) is 16.6. The second-order valence-electron chi connectivity index (χ2n) is 8.93. The molecule has 0 atom stereocenters. The molecule has 3 heterocycles.